The first kappa shape index (κ1) is 12.0. The van der Waals surface area contributed by atoms with Crippen LogP contribution >= 0.6 is 0 Å². The number of fused-ring (bicyclic) bond motifs is 1. The minimum Gasteiger partial charge on any atom is -0.384 e. The van der Waals surface area contributed by atoms with Gasteiger partial charge in [0.15, 0.2) is 0 Å². The molecule has 7 nitrogen and oxygen atoms in total. The number of nitrogen functional groups attached to an aromatic ring is 1. The molecule has 2 aromatic heterocycles. The second-order valence-electron chi connectivity index (χ2n) is 4.27. The van der Waals surface area contributed by atoms with Gasteiger partial charge in [-0.05, 0) is 30.3 Å². The number of aromatic amines is 2. The summed E-state index contributed by atoms with van der Waals surface area (Å²) in [5.74, 6) is 0.0924. The number of anilines is 2. The van der Waals surface area contributed by atoms with Crippen LogP contribution in [-0.4, -0.2) is 20.9 Å². The number of nitrogens with one attached hydrogen (secondary N) is 3. The molecule has 0 bridgehead atoms. The number of benzene rings is 1. The number of amides is 1. The van der Waals surface area contributed by atoms with Gasteiger partial charge in [0.25, 0.3) is 5.91 Å². The van der Waals surface area contributed by atoms with E-state index in [2.05, 4.69) is 20.3 Å². The summed E-state index contributed by atoms with van der Waals surface area (Å²) in [4.78, 5) is 32.3. The standard InChI is InChI=1S/C13H11N5O2/c14-11-4-2-8(6-15-11)16-12(19)7-1-3-9-10(5-7)18-13(20)17-9/h1-6H,(H2,14,15)(H,16,19)(H2,17,18,20). The Morgan fingerprint density at radius 3 is 2.70 bits per heavy atom. The number of hydrogen-bond acceptors (Lipinski definition) is 4. The van der Waals surface area contributed by atoms with E-state index < -0.39 is 0 Å². The van der Waals surface area contributed by atoms with Gasteiger partial charge in [0, 0.05) is 5.56 Å². The van der Waals surface area contributed by atoms with Crippen molar-refractivity contribution in [3.05, 3.63) is 52.6 Å². The highest BCUT2D eigenvalue weighted by atomic mass is 16.2. The van der Waals surface area contributed by atoms with Crippen molar-refractivity contribution in [3.8, 4) is 0 Å². The lowest BCUT2D eigenvalue weighted by atomic mass is 10.2. The fourth-order valence-corrected chi connectivity index (χ4v) is 1.86. The average molecular weight is 269 g/mol. The number of H-pyrrole nitrogens is 2. The molecular formula is C13H11N5O2. The van der Waals surface area contributed by atoms with Gasteiger partial charge in [-0.15, -0.1) is 0 Å². The van der Waals surface area contributed by atoms with Crippen molar-refractivity contribution >= 4 is 28.4 Å². The summed E-state index contributed by atoms with van der Waals surface area (Å²) in [6, 6.07) is 8.17. The molecule has 0 aliphatic rings. The van der Waals surface area contributed by atoms with Crippen molar-refractivity contribution in [2.24, 2.45) is 0 Å². The van der Waals surface area contributed by atoms with Crippen LogP contribution in [0.2, 0.25) is 0 Å². The Morgan fingerprint density at radius 1 is 1.15 bits per heavy atom. The zero-order valence-corrected chi connectivity index (χ0v) is 10.3. The first-order valence-corrected chi connectivity index (χ1v) is 5.87. The van der Waals surface area contributed by atoms with E-state index in [9.17, 15) is 9.59 Å². The maximum absolute atomic E-state index is 12.1. The molecule has 0 spiro atoms. The van der Waals surface area contributed by atoms with Crippen molar-refractivity contribution in [1.82, 2.24) is 15.0 Å². The van der Waals surface area contributed by atoms with Gasteiger partial charge in [0.1, 0.15) is 5.82 Å². The maximum Gasteiger partial charge on any atom is 0.323 e. The van der Waals surface area contributed by atoms with Gasteiger partial charge in [-0.25, -0.2) is 9.78 Å². The van der Waals surface area contributed by atoms with Crippen LogP contribution in [0, 0.1) is 0 Å². The van der Waals surface area contributed by atoms with Crippen molar-refractivity contribution in [1.29, 1.82) is 0 Å². The zero-order valence-electron chi connectivity index (χ0n) is 10.3. The van der Waals surface area contributed by atoms with Crippen LogP contribution in [0.3, 0.4) is 0 Å². The fourth-order valence-electron chi connectivity index (χ4n) is 1.86. The Labute approximate surface area is 112 Å². The molecular weight excluding hydrogens is 258 g/mol. The highest BCUT2D eigenvalue weighted by Gasteiger charge is 2.08. The molecule has 0 fully saturated rings. The summed E-state index contributed by atoms with van der Waals surface area (Å²) in [6.45, 7) is 0. The molecule has 20 heavy (non-hydrogen) atoms. The lowest BCUT2D eigenvalue weighted by Gasteiger charge is -2.05. The summed E-state index contributed by atoms with van der Waals surface area (Å²) in [6.07, 6.45) is 1.48. The molecule has 0 atom stereocenters. The number of nitrogens with two attached hydrogens (primary N) is 1. The summed E-state index contributed by atoms with van der Waals surface area (Å²) >= 11 is 0. The Bertz CT molecular complexity index is 832. The average Bonchev–Trinajstić information content (AvgIpc) is 2.80. The van der Waals surface area contributed by atoms with Crippen LogP contribution in [-0.2, 0) is 0 Å². The minimum absolute atomic E-state index is 0.291. The number of carbonyl (C=O) groups is 1. The molecule has 0 radical (unpaired) electrons. The number of carbonyl (C=O) groups excluding carboxylic acids is 1. The normalized spacial score (nSPS) is 10.6. The molecule has 0 saturated heterocycles. The maximum atomic E-state index is 12.1. The molecule has 7 heteroatoms. The largest absolute Gasteiger partial charge is 0.384 e. The van der Waals surface area contributed by atoms with Crippen LogP contribution in [0.1, 0.15) is 10.4 Å². The van der Waals surface area contributed by atoms with Gasteiger partial charge in [-0.3, -0.25) is 4.79 Å². The molecule has 0 unspecified atom stereocenters. The van der Waals surface area contributed by atoms with E-state index >= 15 is 0 Å². The van der Waals surface area contributed by atoms with Crippen LogP contribution in [0.5, 0.6) is 0 Å². The monoisotopic (exact) mass is 269 g/mol. The first-order valence-electron chi connectivity index (χ1n) is 5.87. The van der Waals surface area contributed by atoms with Crippen LogP contribution < -0.4 is 16.7 Å². The predicted molar refractivity (Wildman–Crippen MR) is 75.5 cm³/mol. The number of aromatic nitrogens is 3. The van der Waals surface area contributed by atoms with Gasteiger partial charge in [0.05, 0.1) is 22.9 Å². The smallest absolute Gasteiger partial charge is 0.323 e. The van der Waals surface area contributed by atoms with Crippen molar-refractivity contribution in [2.75, 3.05) is 11.1 Å². The number of nitrogens with zero attached hydrogens (tertiary/aromatic N) is 1. The predicted octanol–water partition coefficient (Wildman–Crippen LogP) is 1.09. The number of hydrogen-bond donors (Lipinski definition) is 4. The van der Waals surface area contributed by atoms with E-state index in [0.29, 0.717) is 28.1 Å². The molecule has 100 valence electrons. The number of pyridine rings is 1. The Morgan fingerprint density at radius 2 is 1.95 bits per heavy atom. The Kier molecular flexibility index (Phi) is 2.72. The summed E-state index contributed by atoms with van der Waals surface area (Å²) in [5, 5.41) is 2.70. The molecule has 0 aliphatic heterocycles. The molecule has 0 saturated carbocycles. The lowest BCUT2D eigenvalue weighted by molar-refractivity contribution is 0.102. The van der Waals surface area contributed by atoms with E-state index in [-0.39, 0.29) is 11.6 Å². The van der Waals surface area contributed by atoms with E-state index in [1.54, 1.807) is 30.3 Å². The van der Waals surface area contributed by atoms with Crippen LogP contribution in [0.25, 0.3) is 11.0 Å². The van der Waals surface area contributed by atoms with Crippen molar-refractivity contribution < 1.29 is 4.79 Å². The van der Waals surface area contributed by atoms with Gasteiger partial charge < -0.3 is 21.0 Å². The second kappa shape index (κ2) is 4.54. The fraction of sp³-hybridized carbons (Fsp3) is 0. The summed E-state index contributed by atoms with van der Waals surface area (Å²) in [7, 11) is 0. The van der Waals surface area contributed by atoms with Gasteiger partial charge in [-0.1, -0.05) is 0 Å². The van der Waals surface area contributed by atoms with Gasteiger partial charge in [-0.2, -0.15) is 0 Å². The molecule has 3 rings (SSSR count). The third-order valence-electron chi connectivity index (χ3n) is 2.82. The van der Waals surface area contributed by atoms with Gasteiger partial charge >= 0.3 is 5.69 Å². The molecule has 3 aromatic rings. The third-order valence-corrected chi connectivity index (χ3v) is 2.82. The van der Waals surface area contributed by atoms with Crippen LogP contribution in [0.4, 0.5) is 11.5 Å². The molecule has 0 aliphatic carbocycles. The lowest BCUT2D eigenvalue weighted by Crippen LogP contribution is -2.12. The third kappa shape index (κ3) is 2.24. The SMILES string of the molecule is Nc1ccc(NC(=O)c2ccc3[nH]c(=O)[nH]c3c2)cn1. The second-order valence-corrected chi connectivity index (χ2v) is 4.27. The van der Waals surface area contributed by atoms with Gasteiger partial charge in [0.2, 0.25) is 0 Å². The topological polar surface area (TPSA) is 117 Å². The van der Waals surface area contributed by atoms with E-state index in [1.165, 1.54) is 6.20 Å². The number of imidazole rings is 1. The highest BCUT2D eigenvalue weighted by molar-refractivity contribution is 6.05. The van der Waals surface area contributed by atoms with Crippen molar-refractivity contribution in [2.45, 2.75) is 0 Å². The molecule has 1 amide bonds. The summed E-state index contributed by atoms with van der Waals surface area (Å²) < 4.78 is 0. The first-order chi connectivity index (χ1) is 9.61. The molecule has 2 heterocycles. The quantitative estimate of drug-likeness (QED) is 0.557. The van der Waals surface area contributed by atoms with Crippen molar-refractivity contribution in [3.63, 3.8) is 0 Å². The summed E-state index contributed by atoms with van der Waals surface area (Å²) in [5.41, 5.74) is 7.38. The Hall–Kier alpha value is -3.09. The molecule has 1 aromatic carbocycles. The number of rotatable bonds is 2. The Balaban J connectivity index is 1.88. The highest BCUT2D eigenvalue weighted by Crippen LogP contribution is 2.13. The minimum atomic E-state index is -0.305. The van der Waals surface area contributed by atoms with E-state index in [4.69, 9.17) is 5.73 Å². The zero-order chi connectivity index (χ0) is 14.1. The molecule has 5 N–H and O–H groups in total. The van der Waals surface area contributed by atoms with E-state index in [0.717, 1.165) is 0 Å². The van der Waals surface area contributed by atoms with E-state index in [1.807, 2.05) is 0 Å². The van der Waals surface area contributed by atoms with Crippen LogP contribution in [0.15, 0.2) is 41.3 Å².